The number of methoxy groups -OCH3 is 2. The van der Waals surface area contributed by atoms with E-state index in [2.05, 4.69) is 5.10 Å². The van der Waals surface area contributed by atoms with Crippen molar-refractivity contribution in [2.75, 3.05) is 14.2 Å². The highest BCUT2D eigenvalue weighted by Crippen LogP contribution is 2.63. The standard InChI is InChI=1S/C29H30N2O7/c1-17(32)24-23(18-11-12-21(35-2)22(15-18)36-3)29(25-20-10-6-5-9-19(20)16-30-31(24)25)26(33)37-28(38-27(29)34)13-7-4-8-14-28/h5-6,9-12,15-16,23-25H,4,7-8,13-14H2,1-3H3/t23-,24-,25-/m0/s1. The summed E-state index contributed by atoms with van der Waals surface area (Å²) in [6.45, 7) is 1.45. The quantitative estimate of drug-likeness (QED) is 0.444. The third-order valence-electron chi connectivity index (χ3n) is 8.44. The van der Waals surface area contributed by atoms with E-state index in [0.29, 0.717) is 35.5 Å². The van der Waals surface area contributed by atoms with Crippen molar-refractivity contribution in [2.45, 2.75) is 62.8 Å². The fraction of sp³-hybridized carbons (Fsp3) is 0.448. The second-order valence-electron chi connectivity index (χ2n) is 10.4. The van der Waals surface area contributed by atoms with Crippen molar-refractivity contribution in [3.8, 4) is 11.5 Å². The van der Waals surface area contributed by atoms with Crippen molar-refractivity contribution in [3.05, 3.63) is 59.2 Å². The van der Waals surface area contributed by atoms with Gasteiger partial charge in [-0.3, -0.25) is 19.4 Å². The van der Waals surface area contributed by atoms with Crippen LogP contribution in [0, 0.1) is 5.41 Å². The third kappa shape index (κ3) is 3.30. The van der Waals surface area contributed by atoms with Gasteiger partial charge in [0, 0.05) is 18.8 Å². The lowest BCUT2D eigenvalue weighted by atomic mass is 9.65. The zero-order valence-electron chi connectivity index (χ0n) is 21.6. The lowest BCUT2D eigenvalue weighted by Gasteiger charge is -2.47. The van der Waals surface area contributed by atoms with Gasteiger partial charge in [-0.2, -0.15) is 5.10 Å². The van der Waals surface area contributed by atoms with Crippen LogP contribution in [0.5, 0.6) is 11.5 Å². The van der Waals surface area contributed by atoms with Gasteiger partial charge in [0.15, 0.2) is 17.3 Å². The Bertz CT molecular complexity index is 1330. The van der Waals surface area contributed by atoms with Gasteiger partial charge in [0.1, 0.15) is 12.1 Å². The molecule has 3 fully saturated rings. The number of benzene rings is 2. The molecule has 1 saturated carbocycles. The van der Waals surface area contributed by atoms with Gasteiger partial charge in [-0.25, -0.2) is 0 Å². The number of fused-ring (bicyclic) bond motifs is 4. The molecule has 9 heteroatoms. The Hall–Kier alpha value is -3.88. The summed E-state index contributed by atoms with van der Waals surface area (Å²) in [6.07, 6.45) is 5.16. The maximum atomic E-state index is 14.4. The Balaban J connectivity index is 1.60. The summed E-state index contributed by atoms with van der Waals surface area (Å²) < 4.78 is 23.2. The molecule has 9 nitrogen and oxygen atoms in total. The first kappa shape index (κ1) is 24.5. The monoisotopic (exact) mass is 518 g/mol. The summed E-state index contributed by atoms with van der Waals surface area (Å²) in [6, 6.07) is 10.8. The molecular formula is C29H30N2O7. The molecular weight excluding hydrogens is 488 g/mol. The molecule has 198 valence electrons. The van der Waals surface area contributed by atoms with Gasteiger partial charge < -0.3 is 18.9 Å². The Labute approximate surface area is 220 Å². The van der Waals surface area contributed by atoms with Gasteiger partial charge in [-0.15, -0.1) is 0 Å². The summed E-state index contributed by atoms with van der Waals surface area (Å²) >= 11 is 0. The summed E-state index contributed by atoms with van der Waals surface area (Å²) in [5.41, 5.74) is 0.164. The van der Waals surface area contributed by atoms with E-state index < -0.39 is 41.1 Å². The Morgan fingerprint density at radius 1 is 0.974 bits per heavy atom. The molecule has 2 spiro atoms. The fourth-order valence-corrected chi connectivity index (χ4v) is 6.77. The van der Waals surface area contributed by atoms with Crippen molar-refractivity contribution in [3.63, 3.8) is 0 Å². The predicted octanol–water partition coefficient (Wildman–Crippen LogP) is 3.90. The number of nitrogens with zero attached hydrogens (tertiary/aromatic N) is 2. The molecule has 0 aromatic heterocycles. The Morgan fingerprint density at radius 3 is 2.32 bits per heavy atom. The fourth-order valence-electron chi connectivity index (χ4n) is 6.77. The van der Waals surface area contributed by atoms with Gasteiger partial charge in [0.05, 0.1) is 20.4 Å². The molecule has 0 unspecified atom stereocenters. The van der Waals surface area contributed by atoms with Crippen LogP contribution in [0.3, 0.4) is 0 Å². The molecule has 0 amide bonds. The lowest BCUT2D eigenvalue weighted by molar-refractivity contribution is -0.273. The van der Waals surface area contributed by atoms with Gasteiger partial charge in [-0.1, -0.05) is 36.8 Å². The highest BCUT2D eigenvalue weighted by molar-refractivity contribution is 6.07. The zero-order valence-corrected chi connectivity index (χ0v) is 21.6. The molecule has 2 aromatic carbocycles. The zero-order chi connectivity index (χ0) is 26.7. The Kier molecular flexibility index (Phi) is 5.70. The number of hydrogen-bond acceptors (Lipinski definition) is 9. The minimum atomic E-state index is -1.87. The number of ether oxygens (including phenoxy) is 4. The van der Waals surface area contributed by atoms with Crippen LogP contribution in [0.4, 0.5) is 0 Å². The SMILES string of the molecule is COc1ccc([C@H]2[C@H](C(C)=O)N3N=Cc4ccccc4[C@H]3C23C(=O)OC2(CCCCC2)OC3=O)cc1OC. The van der Waals surface area contributed by atoms with Crippen LogP contribution >= 0.6 is 0 Å². The second kappa shape index (κ2) is 8.85. The van der Waals surface area contributed by atoms with E-state index in [4.69, 9.17) is 18.9 Å². The molecule has 3 aliphatic heterocycles. The van der Waals surface area contributed by atoms with Gasteiger partial charge in [0.25, 0.3) is 5.79 Å². The number of hydrogen-bond donors (Lipinski definition) is 0. The van der Waals surface area contributed by atoms with E-state index in [1.54, 1.807) is 29.4 Å². The van der Waals surface area contributed by atoms with E-state index in [1.165, 1.54) is 21.1 Å². The first-order valence-corrected chi connectivity index (χ1v) is 13.0. The molecule has 0 radical (unpaired) electrons. The third-order valence-corrected chi connectivity index (χ3v) is 8.44. The minimum Gasteiger partial charge on any atom is -0.493 e. The normalized spacial score (nSPS) is 26.4. The molecule has 6 rings (SSSR count). The predicted molar refractivity (Wildman–Crippen MR) is 136 cm³/mol. The number of Topliss-reactive ketones (excluding diaryl/α,β-unsaturated/α-hetero) is 1. The summed E-state index contributed by atoms with van der Waals surface area (Å²) in [5.74, 6) is -2.91. The highest BCUT2D eigenvalue weighted by atomic mass is 16.7. The van der Waals surface area contributed by atoms with Gasteiger partial charge in [-0.05, 0) is 48.6 Å². The van der Waals surface area contributed by atoms with Crippen LogP contribution in [0.25, 0.3) is 0 Å². The number of ketones is 1. The molecule has 3 atom stereocenters. The van der Waals surface area contributed by atoms with Crippen molar-refractivity contribution < 1.29 is 33.3 Å². The number of carbonyl (C=O) groups excluding carboxylic acids is 3. The maximum absolute atomic E-state index is 14.4. The Morgan fingerprint density at radius 2 is 1.66 bits per heavy atom. The van der Waals surface area contributed by atoms with E-state index in [0.717, 1.165) is 24.8 Å². The first-order valence-electron chi connectivity index (χ1n) is 13.0. The topological polar surface area (TPSA) is 104 Å². The first-order chi connectivity index (χ1) is 18.4. The van der Waals surface area contributed by atoms with E-state index in [1.807, 2.05) is 24.3 Å². The largest absolute Gasteiger partial charge is 0.493 e. The summed E-state index contributed by atoms with van der Waals surface area (Å²) in [4.78, 5) is 42.2. The van der Waals surface area contributed by atoms with Gasteiger partial charge >= 0.3 is 11.9 Å². The van der Waals surface area contributed by atoms with Crippen molar-refractivity contribution >= 4 is 23.9 Å². The van der Waals surface area contributed by atoms with Crippen LogP contribution in [-0.4, -0.2) is 55.0 Å². The molecule has 1 aliphatic carbocycles. The summed E-state index contributed by atoms with van der Waals surface area (Å²) in [5, 5.41) is 6.22. The van der Waals surface area contributed by atoms with E-state index in [-0.39, 0.29) is 5.78 Å². The average Bonchev–Trinajstić information content (AvgIpc) is 3.25. The number of hydrazone groups is 1. The highest BCUT2D eigenvalue weighted by Gasteiger charge is 2.75. The molecule has 2 saturated heterocycles. The lowest BCUT2D eigenvalue weighted by Crippen LogP contribution is -2.60. The van der Waals surface area contributed by atoms with Crippen LogP contribution in [0.15, 0.2) is 47.6 Å². The number of rotatable bonds is 4. The average molecular weight is 519 g/mol. The van der Waals surface area contributed by atoms with E-state index in [9.17, 15) is 14.4 Å². The van der Waals surface area contributed by atoms with Crippen LogP contribution in [0.2, 0.25) is 0 Å². The maximum Gasteiger partial charge on any atom is 0.330 e. The van der Waals surface area contributed by atoms with Gasteiger partial charge in [0.2, 0.25) is 5.41 Å². The van der Waals surface area contributed by atoms with Crippen molar-refractivity contribution in [2.24, 2.45) is 10.5 Å². The van der Waals surface area contributed by atoms with Crippen molar-refractivity contribution in [1.29, 1.82) is 0 Å². The minimum absolute atomic E-state index is 0.234. The molecule has 2 aromatic rings. The molecule has 3 heterocycles. The van der Waals surface area contributed by atoms with Crippen molar-refractivity contribution in [1.82, 2.24) is 5.01 Å². The summed E-state index contributed by atoms with van der Waals surface area (Å²) in [7, 11) is 3.03. The second-order valence-corrected chi connectivity index (χ2v) is 10.4. The molecule has 0 N–H and O–H groups in total. The number of carbonyl (C=O) groups is 3. The van der Waals surface area contributed by atoms with E-state index >= 15 is 0 Å². The number of esters is 2. The van der Waals surface area contributed by atoms with Crippen LogP contribution < -0.4 is 9.47 Å². The smallest absolute Gasteiger partial charge is 0.330 e. The van der Waals surface area contributed by atoms with Crippen LogP contribution in [-0.2, 0) is 23.9 Å². The molecule has 38 heavy (non-hydrogen) atoms. The van der Waals surface area contributed by atoms with Crippen LogP contribution in [0.1, 0.15) is 67.7 Å². The molecule has 4 aliphatic rings. The molecule has 0 bridgehead atoms.